The molecular formula is C45H86O6. The van der Waals surface area contributed by atoms with Crippen LogP contribution in [0, 0.1) is 17.8 Å². The maximum absolute atomic E-state index is 12.7. The summed E-state index contributed by atoms with van der Waals surface area (Å²) in [5.74, 6) is 1.53. The van der Waals surface area contributed by atoms with Gasteiger partial charge < -0.3 is 14.2 Å². The predicted octanol–water partition coefficient (Wildman–Crippen LogP) is 13.7. The van der Waals surface area contributed by atoms with Gasteiger partial charge >= 0.3 is 17.9 Å². The quantitative estimate of drug-likeness (QED) is 0.0359. The van der Waals surface area contributed by atoms with Crippen molar-refractivity contribution in [1.82, 2.24) is 0 Å². The lowest BCUT2D eigenvalue weighted by atomic mass is 10.00. The Kier molecular flexibility index (Phi) is 35.6. The normalized spacial score (nSPS) is 12.7. The molecule has 0 saturated carbocycles. The summed E-state index contributed by atoms with van der Waals surface area (Å²) < 4.78 is 16.7. The van der Waals surface area contributed by atoms with E-state index in [1.165, 1.54) is 116 Å². The summed E-state index contributed by atoms with van der Waals surface area (Å²) in [6, 6.07) is 0. The van der Waals surface area contributed by atoms with E-state index >= 15 is 0 Å². The molecule has 0 aromatic heterocycles. The lowest BCUT2D eigenvalue weighted by molar-refractivity contribution is -0.167. The minimum Gasteiger partial charge on any atom is -0.462 e. The van der Waals surface area contributed by atoms with Gasteiger partial charge in [0.1, 0.15) is 13.2 Å². The first-order chi connectivity index (χ1) is 24.6. The number of carbonyl (C=O) groups excluding carboxylic acids is 3. The minimum absolute atomic E-state index is 0.0679. The molecule has 0 aromatic carbocycles. The molecule has 2 atom stereocenters. The first-order valence-electron chi connectivity index (χ1n) is 22.1. The summed E-state index contributed by atoms with van der Waals surface area (Å²) in [7, 11) is 0. The van der Waals surface area contributed by atoms with Gasteiger partial charge in [0.25, 0.3) is 0 Å². The van der Waals surface area contributed by atoms with Crippen LogP contribution >= 0.6 is 0 Å². The summed E-state index contributed by atoms with van der Waals surface area (Å²) in [6.07, 6.45) is 32.5. The molecule has 0 spiro atoms. The van der Waals surface area contributed by atoms with Crippen molar-refractivity contribution < 1.29 is 28.6 Å². The topological polar surface area (TPSA) is 78.9 Å². The molecule has 0 aliphatic heterocycles. The van der Waals surface area contributed by atoms with E-state index in [-0.39, 0.29) is 31.1 Å². The summed E-state index contributed by atoms with van der Waals surface area (Å²) in [5, 5.41) is 0. The minimum atomic E-state index is -0.762. The second-order valence-corrected chi connectivity index (χ2v) is 16.5. The zero-order chi connectivity index (χ0) is 37.8. The average Bonchev–Trinajstić information content (AvgIpc) is 3.09. The molecule has 302 valence electrons. The first-order valence-corrected chi connectivity index (χ1v) is 22.1. The van der Waals surface area contributed by atoms with Gasteiger partial charge in [-0.1, -0.05) is 196 Å². The van der Waals surface area contributed by atoms with Gasteiger partial charge in [-0.15, -0.1) is 0 Å². The van der Waals surface area contributed by atoms with Crippen LogP contribution in [0.25, 0.3) is 0 Å². The van der Waals surface area contributed by atoms with Gasteiger partial charge in [-0.05, 0) is 37.0 Å². The number of rotatable bonds is 38. The first kappa shape index (κ1) is 49.4. The second kappa shape index (κ2) is 36.8. The summed E-state index contributed by atoms with van der Waals surface area (Å²) in [6.45, 7) is 13.6. The van der Waals surface area contributed by atoms with Crippen LogP contribution in [-0.4, -0.2) is 37.2 Å². The second-order valence-electron chi connectivity index (χ2n) is 16.5. The van der Waals surface area contributed by atoms with Crippen LogP contribution in [0.3, 0.4) is 0 Å². The molecule has 0 fully saturated rings. The highest BCUT2D eigenvalue weighted by Gasteiger charge is 2.19. The number of hydrogen-bond donors (Lipinski definition) is 0. The molecule has 6 heteroatoms. The zero-order valence-electron chi connectivity index (χ0n) is 34.9. The number of unbranched alkanes of at least 4 members (excludes halogenated alkanes) is 20. The Morgan fingerprint density at radius 2 is 0.686 bits per heavy atom. The molecule has 0 saturated heterocycles. The van der Waals surface area contributed by atoms with Crippen LogP contribution in [0.4, 0.5) is 0 Å². The Morgan fingerprint density at radius 3 is 1.02 bits per heavy atom. The molecule has 0 aromatic rings. The maximum atomic E-state index is 12.7. The Bertz CT molecular complexity index is 794. The summed E-state index contributed by atoms with van der Waals surface area (Å²) in [5.41, 5.74) is 0. The fourth-order valence-electron chi connectivity index (χ4n) is 6.49. The fourth-order valence-corrected chi connectivity index (χ4v) is 6.49. The van der Waals surface area contributed by atoms with Crippen molar-refractivity contribution in [3.63, 3.8) is 0 Å². The molecule has 51 heavy (non-hydrogen) atoms. The number of esters is 3. The largest absolute Gasteiger partial charge is 0.462 e. The van der Waals surface area contributed by atoms with E-state index in [0.717, 1.165) is 75.5 Å². The van der Waals surface area contributed by atoms with Crippen LogP contribution in [0.15, 0.2) is 0 Å². The van der Waals surface area contributed by atoms with E-state index in [4.69, 9.17) is 14.2 Å². The molecule has 0 amide bonds. The zero-order valence-corrected chi connectivity index (χ0v) is 34.9. The van der Waals surface area contributed by atoms with Crippen LogP contribution in [0.1, 0.15) is 234 Å². The highest BCUT2D eigenvalue weighted by atomic mass is 16.6. The molecule has 6 nitrogen and oxygen atoms in total. The number of carbonyl (C=O) groups is 3. The number of ether oxygens (including phenoxy) is 3. The third-order valence-electron chi connectivity index (χ3n) is 10.3. The van der Waals surface area contributed by atoms with E-state index in [1.807, 2.05) is 0 Å². The van der Waals surface area contributed by atoms with Crippen LogP contribution in [0.2, 0.25) is 0 Å². The maximum Gasteiger partial charge on any atom is 0.306 e. The summed E-state index contributed by atoms with van der Waals surface area (Å²) in [4.78, 5) is 37.6. The third kappa shape index (κ3) is 38.0. The average molecular weight is 723 g/mol. The van der Waals surface area contributed by atoms with Crippen molar-refractivity contribution in [2.24, 2.45) is 17.8 Å². The molecule has 0 radical (unpaired) electrons. The van der Waals surface area contributed by atoms with Gasteiger partial charge in [0.05, 0.1) is 0 Å². The highest BCUT2D eigenvalue weighted by molar-refractivity contribution is 5.71. The summed E-state index contributed by atoms with van der Waals surface area (Å²) >= 11 is 0. The molecule has 0 aliphatic rings. The van der Waals surface area contributed by atoms with Gasteiger partial charge in [-0.2, -0.15) is 0 Å². The van der Waals surface area contributed by atoms with Crippen molar-refractivity contribution >= 4 is 17.9 Å². The van der Waals surface area contributed by atoms with Crippen molar-refractivity contribution in [2.75, 3.05) is 13.2 Å². The van der Waals surface area contributed by atoms with E-state index < -0.39 is 6.10 Å². The van der Waals surface area contributed by atoms with E-state index in [9.17, 15) is 14.4 Å². The molecule has 0 rings (SSSR count). The molecule has 0 aliphatic carbocycles. The SMILES string of the molecule is CCC(C)CCCCCCCCC(=O)OC[C@@H](COC(=O)CCCCCCCCC(C)C)OC(=O)CCCCCCCCCCCCCC(C)C. The molecule has 1 unspecified atom stereocenters. The Morgan fingerprint density at radius 1 is 0.392 bits per heavy atom. The Hall–Kier alpha value is -1.59. The van der Waals surface area contributed by atoms with Crippen LogP contribution in [0.5, 0.6) is 0 Å². The van der Waals surface area contributed by atoms with Gasteiger partial charge in [0.2, 0.25) is 0 Å². The number of hydrogen-bond acceptors (Lipinski definition) is 6. The van der Waals surface area contributed by atoms with Crippen LogP contribution < -0.4 is 0 Å². The molecule has 0 N–H and O–H groups in total. The molecule has 0 bridgehead atoms. The van der Waals surface area contributed by atoms with Crippen molar-refractivity contribution in [3.05, 3.63) is 0 Å². The Labute approximate surface area is 317 Å². The lowest BCUT2D eigenvalue weighted by Crippen LogP contribution is -2.30. The smallest absolute Gasteiger partial charge is 0.306 e. The van der Waals surface area contributed by atoms with Crippen molar-refractivity contribution in [2.45, 2.75) is 240 Å². The van der Waals surface area contributed by atoms with E-state index in [0.29, 0.717) is 19.3 Å². The van der Waals surface area contributed by atoms with Crippen molar-refractivity contribution in [3.8, 4) is 0 Å². The highest BCUT2D eigenvalue weighted by Crippen LogP contribution is 2.17. The molecular weight excluding hydrogens is 636 g/mol. The van der Waals surface area contributed by atoms with Crippen LogP contribution in [-0.2, 0) is 28.6 Å². The lowest BCUT2D eigenvalue weighted by Gasteiger charge is -2.18. The van der Waals surface area contributed by atoms with Gasteiger partial charge in [0, 0.05) is 19.3 Å². The monoisotopic (exact) mass is 723 g/mol. The van der Waals surface area contributed by atoms with Gasteiger partial charge in [-0.25, -0.2) is 0 Å². The van der Waals surface area contributed by atoms with Crippen molar-refractivity contribution in [1.29, 1.82) is 0 Å². The van der Waals surface area contributed by atoms with E-state index in [1.54, 1.807) is 0 Å². The Balaban J connectivity index is 4.34. The van der Waals surface area contributed by atoms with E-state index in [2.05, 4.69) is 41.5 Å². The predicted molar refractivity (Wildman–Crippen MR) is 215 cm³/mol. The standard InChI is InChI=1S/C45H86O6/c1-7-41(6)33-27-21-16-18-23-29-35-44(47)50-38-42(37-49-43(46)34-28-22-17-15-20-26-32-40(4)5)51-45(48)36-30-24-14-12-10-8-9-11-13-19-25-31-39(2)3/h39-42H,7-38H2,1-6H3/t41?,42-/m1/s1. The fraction of sp³-hybridized carbons (Fsp3) is 0.933. The molecule has 0 heterocycles. The third-order valence-corrected chi connectivity index (χ3v) is 10.3. The van der Waals surface area contributed by atoms with Gasteiger partial charge in [-0.3, -0.25) is 14.4 Å². The van der Waals surface area contributed by atoms with Gasteiger partial charge in [0.15, 0.2) is 6.10 Å².